The monoisotopic (exact) mass is 416 g/mol. The summed E-state index contributed by atoms with van der Waals surface area (Å²) in [6, 6.07) is 4.55. The highest BCUT2D eigenvalue weighted by atomic mass is 19.1. The summed E-state index contributed by atoms with van der Waals surface area (Å²) >= 11 is 0. The molecule has 0 spiro atoms. The lowest BCUT2D eigenvalue weighted by molar-refractivity contribution is -0.142. The van der Waals surface area contributed by atoms with Crippen molar-refractivity contribution >= 4 is 22.8 Å². The molecule has 2 aromatic rings. The second-order valence-electron chi connectivity index (χ2n) is 7.77. The van der Waals surface area contributed by atoms with E-state index < -0.39 is 0 Å². The summed E-state index contributed by atoms with van der Waals surface area (Å²) < 4.78 is 25.0. The SMILES string of the molecule is CCNC(=NCc1oc2ccc(F)cc2c1C)N1CCN(C(=O)C2CCCO2)CC1. The molecular weight excluding hydrogens is 387 g/mol. The van der Waals surface area contributed by atoms with Crippen molar-refractivity contribution in [1.29, 1.82) is 0 Å². The number of aryl methyl sites for hydroxylation is 1. The summed E-state index contributed by atoms with van der Waals surface area (Å²) in [5, 5.41) is 4.11. The number of benzene rings is 1. The number of ether oxygens (including phenoxy) is 1. The van der Waals surface area contributed by atoms with Crippen molar-refractivity contribution in [2.24, 2.45) is 4.99 Å². The van der Waals surface area contributed by atoms with Gasteiger partial charge in [0.15, 0.2) is 5.96 Å². The van der Waals surface area contributed by atoms with Gasteiger partial charge < -0.3 is 24.3 Å². The number of aliphatic imine (C=N–C) groups is 1. The van der Waals surface area contributed by atoms with Gasteiger partial charge in [0.25, 0.3) is 5.91 Å². The maximum absolute atomic E-state index is 13.5. The number of amides is 1. The molecule has 0 radical (unpaired) electrons. The van der Waals surface area contributed by atoms with Crippen LogP contribution in [0.1, 0.15) is 31.1 Å². The smallest absolute Gasteiger partial charge is 0.251 e. The number of nitrogens with zero attached hydrogens (tertiary/aromatic N) is 3. The normalized spacial score (nSPS) is 20.2. The number of hydrogen-bond donors (Lipinski definition) is 1. The third-order valence-corrected chi connectivity index (χ3v) is 5.80. The molecule has 1 aromatic carbocycles. The Kier molecular flexibility index (Phi) is 6.22. The Hall–Kier alpha value is -2.61. The van der Waals surface area contributed by atoms with E-state index in [4.69, 9.17) is 14.1 Å². The summed E-state index contributed by atoms with van der Waals surface area (Å²) in [6.07, 6.45) is 1.52. The first kappa shape index (κ1) is 20.7. The number of piperazine rings is 1. The second-order valence-corrected chi connectivity index (χ2v) is 7.77. The van der Waals surface area contributed by atoms with E-state index in [0.717, 1.165) is 42.1 Å². The van der Waals surface area contributed by atoms with Crippen molar-refractivity contribution < 1.29 is 18.3 Å². The number of furan rings is 1. The average Bonchev–Trinajstić information content (AvgIpc) is 3.40. The lowest BCUT2D eigenvalue weighted by atomic mass is 10.1. The minimum Gasteiger partial charge on any atom is -0.459 e. The minimum atomic E-state index is -0.273. The third kappa shape index (κ3) is 4.28. The molecule has 0 bridgehead atoms. The molecule has 30 heavy (non-hydrogen) atoms. The number of nitrogens with one attached hydrogen (secondary N) is 1. The molecule has 1 atom stereocenters. The van der Waals surface area contributed by atoms with Crippen molar-refractivity contribution in [3.63, 3.8) is 0 Å². The molecule has 2 aliphatic heterocycles. The van der Waals surface area contributed by atoms with Crippen molar-refractivity contribution in [2.75, 3.05) is 39.3 Å². The van der Waals surface area contributed by atoms with E-state index in [1.54, 1.807) is 6.07 Å². The van der Waals surface area contributed by atoms with Crippen molar-refractivity contribution in [2.45, 2.75) is 39.3 Å². The third-order valence-electron chi connectivity index (χ3n) is 5.80. The highest BCUT2D eigenvalue weighted by Crippen LogP contribution is 2.26. The van der Waals surface area contributed by atoms with Gasteiger partial charge in [-0.25, -0.2) is 9.38 Å². The van der Waals surface area contributed by atoms with Crippen LogP contribution in [0.3, 0.4) is 0 Å². The van der Waals surface area contributed by atoms with Crippen molar-refractivity contribution in [3.05, 3.63) is 35.3 Å². The molecule has 1 N–H and O–H groups in total. The Morgan fingerprint density at radius 2 is 2.03 bits per heavy atom. The first-order valence-corrected chi connectivity index (χ1v) is 10.7. The predicted molar refractivity (Wildman–Crippen MR) is 113 cm³/mol. The lowest BCUT2D eigenvalue weighted by Gasteiger charge is -2.37. The molecule has 1 amide bonds. The van der Waals surface area contributed by atoms with Gasteiger partial charge in [0.05, 0.1) is 0 Å². The van der Waals surface area contributed by atoms with Gasteiger partial charge in [-0.1, -0.05) is 0 Å². The first-order chi connectivity index (χ1) is 14.6. The molecule has 2 fully saturated rings. The predicted octanol–water partition coefficient (Wildman–Crippen LogP) is 2.67. The quantitative estimate of drug-likeness (QED) is 0.613. The fraction of sp³-hybridized carbons (Fsp3) is 0.545. The summed E-state index contributed by atoms with van der Waals surface area (Å²) in [7, 11) is 0. The zero-order valence-corrected chi connectivity index (χ0v) is 17.6. The van der Waals surface area contributed by atoms with Crippen LogP contribution in [-0.4, -0.2) is 67.1 Å². The Bertz CT molecular complexity index is 928. The van der Waals surface area contributed by atoms with E-state index in [1.807, 2.05) is 18.7 Å². The summed E-state index contributed by atoms with van der Waals surface area (Å²) in [5.41, 5.74) is 1.58. The number of fused-ring (bicyclic) bond motifs is 1. The van der Waals surface area contributed by atoms with Gasteiger partial charge in [-0.15, -0.1) is 0 Å². The zero-order valence-electron chi connectivity index (χ0n) is 17.6. The van der Waals surface area contributed by atoms with Crippen LogP contribution < -0.4 is 5.32 Å². The maximum atomic E-state index is 13.5. The van der Waals surface area contributed by atoms with Crippen LogP contribution in [0.25, 0.3) is 11.0 Å². The fourth-order valence-electron chi connectivity index (χ4n) is 4.08. The Labute approximate surface area is 175 Å². The molecule has 0 saturated carbocycles. The van der Waals surface area contributed by atoms with E-state index >= 15 is 0 Å². The lowest BCUT2D eigenvalue weighted by Crippen LogP contribution is -2.55. The molecule has 162 valence electrons. The summed E-state index contributed by atoms with van der Waals surface area (Å²) in [5.74, 6) is 1.37. The molecule has 0 aliphatic carbocycles. The first-order valence-electron chi connectivity index (χ1n) is 10.7. The number of rotatable bonds is 4. The van der Waals surface area contributed by atoms with Crippen LogP contribution in [0.2, 0.25) is 0 Å². The number of hydrogen-bond acceptors (Lipinski definition) is 4. The molecule has 3 heterocycles. The molecule has 2 saturated heterocycles. The minimum absolute atomic E-state index is 0.110. The van der Waals surface area contributed by atoms with E-state index in [9.17, 15) is 9.18 Å². The standard InChI is InChI=1S/C22H29FN4O3/c1-3-24-22(25-14-20-15(2)17-13-16(23)6-7-18(17)30-20)27-10-8-26(9-11-27)21(28)19-5-4-12-29-19/h6-7,13,19H,3-5,8-12,14H2,1-2H3,(H,24,25). The maximum Gasteiger partial charge on any atom is 0.251 e. The van der Waals surface area contributed by atoms with E-state index in [-0.39, 0.29) is 17.8 Å². The van der Waals surface area contributed by atoms with Crippen molar-refractivity contribution in [3.8, 4) is 0 Å². The van der Waals surface area contributed by atoms with Gasteiger partial charge in [0.2, 0.25) is 0 Å². The highest BCUT2D eigenvalue weighted by molar-refractivity contribution is 5.84. The summed E-state index contributed by atoms with van der Waals surface area (Å²) in [4.78, 5) is 21.4. The number of halogens is 1. The van der Waals surface area contributed by atoms with Gasteiger partial charge in [-0.05, 0) is 44.9 Å². The molecular formula is C22H29FN4O3. The van der Waals surface area contributed by atoms with E-state index in [0.29, 0.717) is 44.9 Å². The Balaban J connectivity index is 1.42. The van der Waals surface area contributed by atoms with Crippen LogP contribution in [0.5, 0.6) is 0 Å². The molecule has 1 aromatic heterocycles. The topological polar surface area (TPSA) is 70.3 Å². The molecule has 8 heteroatoms. The van der Waals surface area contributed by atoms with Crippen LogP contribution in [-0.2, 0) is 16.1 Å². The van der Waals surface area contributed by atoms with Gasteiger partial charge in [-0.2, -0.15) is 0 Å². The largest absolute Gasteiger partial charge is 0.459 e. The van der Waals surface area contributed by atoms with Gasteiger partial charge in [-0.3, -0.25) is 4.79 Å². The number of carbonyl (C=O) groups is 1. The van der Waals surface area contributed by atoms with Crippen LogP contribution >= 0.6 is 0 Å². The molecule has 4 rings (SSSR count). The van der Waals surface area contributed by atoms with Gasteiger partial charge in [0, 0.05) is 50.3 Å². The number of carbonyl (C=O) groups excluding carboxylic acids is 1. The molecule has 2 aliphatic rings. The highest BCUT2D eigenvalue weighted by Gasteiger charge is 2.31. The number of guanidine groups is 1. The van der Waals surface area contributed by atoms with Gasteiger partial charge >= 0.3 is 0 Å². The molecule has 7 nitrogen and oxygen atoms in total. The van der Waals surface area contributed by atoms with Crippen molar-refractivity contribution in [1.82, 2.24) is 15.1 Å². The zero-order chi connectivity index (χ0) is 21.1. The van der Waals surface area contributed by atoms with E-state index in [2.05, 4.69) is 10.2 Å². The van der Waals surface area contributed by atoms with Crippen LogP contribution in [0.4, 0.5) is 4.39 Å². The van der Waals surface area contributed by atoms with Gasteiger partial charge in [0.1, 0.15) is 29.8 Å². The van der Waals surface area contributed by atoms with E-state index in [1.165, 1.54) is 12.1 Å². The second kappa shape index (κ2) is 9.04. The molecule has 1 unspecified atom stereocenters. The Morgan fingerprint density at radius 3 is 2.73 bits per heavy atom. The average molecular weight is 416 g/mol. The fourth-order valence-corrected chi connectivity index (χ4v) is 4.08. The summed E-state index contributed by atoms with van der Waals surface area (Å²) in [6.45, 7) is 8.51. The van der Waals surface area contributed by atoms with Crippen LogP contribution in [0.15, 0.2) is 27.6 Å². The van der Waals surface area contributed by atoms with Crippen LogP contribution in [0, 0.1) is 12.7 Å². The Morgan fingerprint density at radius 1 is 1.27 bits per heavy atom.